The summed E-state index contributed by atoms with van der Waals surface area (Å²) in [6.45, 7) is 1.88. The molecule has 0 aliphatic heterocycles. The van der Waals surface area contributed by atoms with Crippen LogP contribution in [0.5, 0.6) is 0 Å². The van der Waals surface area contributed by atoms with Crippen LogP contribution in [0.25, 0.3) is 0 Å². The maximum atomic E-state index is 11.8. The average Bonchev–Trinajstić information content (AvgIpc) is 1.85. The molecule has 0 heterocycles. The third-order valence-corrected chi connectivity index (χ3v) is 1.92. The van der Waals surface area contributed by atoms with E-state index in [2.05, 4.69) is 0 Å². The fourth-order valence-electron chi connectivity index (χ4n) is 0.792. The molecule has 0 aliphatic rings. The van der Waals surface area contributed by atoms with Gasteiger partial charge in [0, 0.05) is 4.90 Å². The maximum Gasteiger partial charge on any atom is 0.288 e. The number of alkyl halides is 2. The van der Waals surface area contributed by atoms with Gasteiger partial charge in [0.1, 0.15) is 0 Å². The lowest BCUT2D eigenvalue weighted by Crippen LogP contribution is -1.81. The SMILES string of the molecule is Cc1cccc(SC(F)F)c1. The second-order valence-electron chi connectivity index (χ2n) is 2.20. The second kappa shape index (κ2) is 3.72. The van der Waals surface area contributed by atoms with Gasteiger partial charge < -0.3 is 0 Å². The summed E-state index contributed by atoms with van der Waals surface area (Å²) in [5.41, 5.74) is 1.01. The fourth-order valence-corrected chi connectivity index (χ4v) is 1.41. The zero-order valence-corrected chi connectivity index (χ0v) is 6.87. The summed E-state index contributed by atoms with van der Waals surface area (Å²) in [7, 11) is 0. The zero-order valence-electron chi connectivity index (χ0n) is 6.05. The first-order valence-corrected chi connectivity index (χ1v) is 4.08. The van der Waals surface area contributed by atoms with E-state index < -0.39 is 5.76 Å². The van der Waals surface area contributed by atoms with E-state index in [0.717, 1.165) is 5.56 Å². The van der Waals surface area contributed by atoms with E-state index >= 15 is 0 Å². The third-order valence-electron chi connectivity index (χ3n) is 1.21. The van der Waals surface area contributed by atoms with Crippen molar-refractivity contribution in [2.24, 2.45) is 0 Å². The Bertz CT molecular complexity index is 235. The minimum atomic E-state index is -2.32. The molecule has 0 saturated heterocycles. The average molecular weight is 174 g/mol. The van der Waals surface area contributed by atoms with Crippen molar-refractivity contribution in [3.63, 3.8) is 0 Å². The molecule has 60 valence electrons. The van der Waals surface area contributed by atoms with Gasteiger partial charge in [0.15, 0.2) is 0 Å². The van der Waals surface area contributed by atoms with Crippen LogP contribution in [0.1, 0.15) is 5.56 Å². The van der Waals surface area contributed by atoms with Gasteiger partial charge in [0.25, 0.3) is 5.76 Å². The van der Waals surface area contributed by atoms with Crippen LogP contribution in [-0.4, -0.2) is 5.76 Å². The van der Waals surface area contributed by atoms with Gasteiger partial charge in [0.05, 0.1) is 0 Å². The van der Waals surface area contributed by atoms with Gasteiger partial charge in [-0.2, -0.15) is 8.78 Å². The van der Waals surface area contributed by atoms with Gasteiger partial charge in [-0.25, -0.2) is 0 Å². The molecule has 11 heavy (non-hydrogen) atoms. The maximum absolute atomic E-state index is 11.8. The first kappa shape index (κ1) is 8.53. The molecule has 0 N–H and O–H groups in total. The fraction of sp³-hybridized carbons (Fsp3) is 0.250. The molecule has 1 rings (SSSR count). The smallest absolute Gasteiger partial charge is 0.198 e. The second-order valence-corrected chi connectivity index (χ2v) is 3.26. The quantitative estimate of drug-likeness (QED) is 0.620. The van der Waals surface area contributed by atoms with E-state index in [9.17, 15) is 8.78 Å². The van der Waals surface area contributed by atoms with Crippen LogP contribution in [0.4, 0.5) is 8.78 Å². The molecule has 0 unspecified atom stereocenters. The Labute approximate surface area is 68.6 Å². The van der Waals surface area contributed by atoms with Crippen molar-refractivity contribution in [3.8, 4) is 0 Å². The van der Waals surface area contributed by atoms with Crippen molar-refractivity contribution in [2.75, 3.05) is 0 Å². The molecule has 0 amide bonds. The molecule has 1 aromatic carbocycles. The van der Waals surface area contributed by atoms with Crippen molar-refractivity contribution < 1.29 is 8.78 Å². The van der Waals surface area contributed by atoms with Crippen LogP contribution < -0.4 is 0 Å². The van der Waals surface area contributed by atoms with Crippen molar-refractivity contribution in [3.05, 3.63) is 29.8 Å². The molecule has 0 saturated carbocycles. The van der Waals surface area contributed by atoms with Gasteiger partial charge in [0.2, 0.25) is 0 Å². The third kappa shape index (κ3) is 2.89. The molecule has 0 bridgehead atoms. The molecule has 0 aliphatic carbocycles. The lowest BCUT2D eigenvalue weighted by molar-refractivity contribution is 0.252. The van der Waals surface area contributed by atoms with Crippen LogP contribution in [0.3, 0.4) is 0 Å². The Morgan fingerprint density at radius 1 is 1.36 bits per heavy atom. The standard InChI is InChI=1S/C8H8F2S/c1-6-3-2-4-7(5-6)11-8(9)10/h2-5,8H,1H3. The molecule has 1 aromatic rings. The first-order valence-electron chi connectivity index (χ1n) is 3.20. The Kier molecular flexibility index (Phi) is 2.88. The van der Waals surface area contributed by atoms with Crippen LogP contribution >= 0.6 is 11.8 Å². The van der Waals surface area contributed by atoms with E-state index in [4.69, 9.17) is 0 Å². The van der Waals surface area contributed by atoms with Crippen LogP contribution in [-0.2, 0) is 0 Å². The Morgan fingerprint density at radius 3 is 2.64 bits per heavy atom. The largest absolute Gasteiger partial charge is 0.288 e. The summed E-state index contributed by atoms with van der Waals surface area (Å²) in [6, 6.07) is 7.09. The number of halogens is 2. The number of rotatable bonds is 2. The zero-order chi connectivity index (χ0) is 8.27. The summed E-state index contributed by atoms with van der Waals surface area (Å²) in [5.74, 6) is -2.32. The molecule has 0 nitrogen and oxygen atoms in total. The number of hydrogen-bond acceptors (Lipinski definition) is 1. The Morgan fingerprint density at radius 2 is 2.09 bits per heavy atom. The van der Waals surface area contributed by atoms with Crippen molar-refractivity contribution >= 4 is 11.8 Å². The molecule has 0 radical (unpaired) electrons. The summed E-state index contributed by atoms with van der Waals surface area (Å²) in [5, 5.41) is 0. The van der Waals surface area contributed by atoms with Crippen molar-refractivity contribution in [1.29, 1.82) is 0 Å². The molecule has 0 atom stereocenters. The van der Waals surface area contributed by atoms with Crippen LogP contribution in [0.2, 0.25) is 0 Å². The monoisotopic (exact) mass is 174 g/mol. The molecule has 3 heteroatoms. The van der Waals surface area contributed by atoms with Gasteiger partial charge >= 0.3 is 0 Å². The van der Waals surface area contributed by atoms with E-state index in [0.29, 0.717) is 16.7 Å². The number of thioether (sulfide) groups is 1. The van der Waals surface area contributed by atoms with E-state index in [1.807, 2.05) is 13.0 Å². The van der Waals surface area contributed by atoms with Crippen LogP contribution in [0.15, 0.2) is 29.2 Å². The first-order chi connectivity index (χ1) is 5.18. The molecule has 0 aromatic heterocycles. The molecular formula is C8H8F2S. The van der Waals surface area contributed by atoms with Crippen molar-refractivity contribution in [1.82, 2.24) is 0 Å². The summed E-state index contributed by atoms with van der Waals surface area (Å²) >= 11 is 0.579. The number of hydrogen-bond donors (Lipinski definition) is 0. The van der Waals surface area contributed by atoms with Crippen LogP contribution in [0, 0.1) is 6.92 Å². The molecular weight excluding hydrogens is 166 g/mol. The highest BCUT2D eigenvalue weighted by molar-refractivity contribution is 7.99. The summed E-state index contributed by atoms with van der Waals surface area (Å²) in [4.78, 5) is 0.625. The minimum Gasteiger partial charge on any atom is -0.198 e. The van der Waals surface area contributed by atoms with E-state index in [1.54, 1.807) is 18.2 Å². The van der Waals surface area contributed by atoms with E-state index in [-0.39, 0.29) is 0 Å². The molecule has 0 fully saturated rings. The molecule has 0 spiro atoms. The topological polar surface area (TPSA) is 0 Å². The lowest BCUT2D eigenvalue weighted by Gasteiger charge is -1.99. The van der Waals surface area contributed by atoms with Gasteiger partial charge in [-0.1, -0.05) is 29.5 Å². The van der Waals surface area contributed by atoms with Gasteiger partial charge in [-0.15, -0.1) is 0 Å². The van der Waals surface area contributed by atoms with Gasteiger partial charge in [-0.05, 0) is 19.1 Å². The lowest BCUT2D eigenvalue weighted by atomic mass is 10.2. The Balaban J connectivity index is 2.71. The van der Waals surface area contributed by atoms with E-state index in [1.165, 1.54) is 0 Å². The highest BCUT2D eigenvalue weighted by atomic mass is 32.2. The normalized spacial score (nSPS) is 10.5. The highest BCUT2D eigenvalue weighted by Crippen LogP contribution is 2.25. The predicted molar refractivity (Wildman–Crippen MR) is 43.0 cm³/mol. The number of aryl methyl sites for hydroxylation is 1. The highest BCUT2D eigenvalue weighted by Gasteiger charge is 2.03. The van der Waals surface area contributed by atoms with Crippen molar-refractivity contribution in [2.45, 2.75) is 17.6 Å². The summed E-state index contributed by atoms with van der Waals surface area (Å²) in [6.07, 6.45) is 0. The number of benzene rings is 1. The van der Waals surface area contributed by atoms with Gasteiger partial charge in [-0.3, -0.25) is 0 Å². The predicted octanol–water partition coefficient (Wildman–Crippen LogP) is 3.31. The summed E-state index contributed by atoms with van der Waals surface area (Å²) < 4.78 is 23.6. The minimum absolute atomic E-state index is 0.579. The Hall–Kier alpha value is -0.570.